The van der Waals surface area contributed by atoms with Gasteiger partial charge in [0.05, 0.1) is 12.5 Å². The van der Waals surface area contributed by atoms with Crippen molar-refractivity contribution in [2.24, 2.45) is 0 Å². The molecule has 0 aromatic heterocycles. The number of rotatable bonds is 14. The molecule has 183 valence electrons. The minimum absolute atomic E-state index is 0.249. The molecule has 0 N–H and O–H groups in total. The fourth-order valence-electron chi connectivity index (χ4n) is 3.77. The average Bonchev–Trinajstić information content (AvgIpc) is 3.30. The van der Waals surface area contributed by atoms with Crippen LogP contribution in [0.1, 0.15) is 76.9 Å². The quantitative estimate of drug-likeness (QED) is 0.198. The first kappa shape index (κ1) is 27.9. The predicted octanol–water partition coefficient (Wildman–Crippen LogP) is 5.77. The molecule has 5 heteroatoms. The number of esters is 2. The van der Waals surface area contributed by atoms with Gasteiger partial charge in [0.1, 0.15) is 6.10 Å². The van der Waals surface area contributed by atoms with Gasteiger partial charge in [0, 0.05) is 25.9 Å². The van der Waals surface area contributed by atoms with E-state index in [-0.39, 0.29) is 12.4 Å². The van der Waals surface area contributed by atoms with Gasteiger partial charge in [-0.1, -0.05) is 62.4 Å². The average molecular weight is 466 g/mol. The van der Waals surface area contributed by atoms with Crippen LogP contribution in [-0.4, -0.2) is 31.8 Å². The van der Waals surface area contributed by atoms with Crippen molar-refractivity contribution >= 4 is 11.9 Å². The summed E-state index contributed by atoms with van der Waals surface area (Å²) >= 11 is 0. The first-order valence-electron chi connectivity index (χ1n) is 12.3. The molecule has 1 aromatic carbocycles. The molecule has 5 radical (unpaired) electrons. The van der Waals surface area contributed by atoms with E-state index >= 15 is 0 Å². The molecular weight excluding hydrogens is 428 g/mol. The Morgan fingerprint density at radius 2 is 1.79 bits per heavy atom. The second-order valence-electron chi connectivity index (χ2n) is 8.16. The van der Waals surface area contributed by atoms with Gasteiger partial charge in [0.15, 0.2) is 6.10 Å². The lowest BCUT2D eigenvalue weighted by molar-refractivity contribution is -0.160. The van der Waals surface area contributed by atoms with Crippen molar-refractivity contribution in [2.45, 2.75) is 77.4 Å². The molecule has 2 rings (SSSR count). The summed E-state index contributed by atoms with van der Waals surface area (Å²) in [6.45, 7) is 4.33. The van der Waals surface area contributed by atoms with Crippen LogP contribution in [0, 0.1) is 42.9 Å². The lowest BCUT2D eigenvalue weighted by Gasteiger charge is -2.27. The lowest BCUT2D eigenvalue weighted by atomic mass is 9.88. The Morgan fingerprint density at radius 3 is 2.50 bits per heavy atom. The van der Waals surface area contributed by atoms with Gasteiger partial charge in [-0.2, -0.15) is 0 Å². The van der Waals surface area contributed by atoms with Crippen LogP contribution in [0.5, 0.6) is 0 Å². The molecular formula is C29H37O5. The third kappa shape index (κ3) is 9.50. The maximum absolute atomic E-state index is 13.1. The van der Waals surface area contributed by atoms with Crippen LogP contribution >= 0.6 is 0 Å². The Bertz CT molecular complexity index is 779. The second kappa shape index (κ2) is 16.3. The van der Waals surface area contributed by atoms with Crippen molar-refractivity contribution < 1.29 is 23.8 Å². The highest BCUT2D eigenvalue weighted by atomic mass is 16.6. The van der Waals surface area contributed by atoms with Crippen LogP contribution in [0.15, 0.2) is 30.3 Å². The van der Waals surface area contributed by atoms with Crippen molar-refractivity contribution in [2.75, 3.05) is 13.7 Å². The molecule has 0 amide bonds. The molecule has 0 heterocycles. The van der Waals surface area contributed by atoms with Crippen LogP contribution in [-0.2, 0) is 23.8 Å². The SMILES string of the molecule is CCCCCCC#C[C]1[CH][CH][CH][C]1[C@H](CCCC(=O)OCC)OC(=O)[C@H](OC)c1ccccc1. The smallest absolute Gasteiger partial charge is 0.340 e. The summed E-state index contributed by atoms with van der Waals surface area (Å²) in [6, 6.07) is 9.27. The minimum atomic E-state index is -0.822. The zero-order valence-corrected chi connectivity index (χ0v) is 20.7. The Balaban J connectivity index is 2.07. The third-order valence-corrected chi connectivity index (χ3v) is 5.54. The highest BCUT2D eigenvalue weighted by Crippen LogP contribution is 2.39. The van der Waals surface area contributed by atoms with Crippen molar-refractivity contribution in [3.63, 3.8) is 0 Å². The van der Waals surface area contributed by atoms with Gasteiger partial charge in [-0.15, -0.1) is 5.92 Å². The van der Waals surface area contributed by atoms with Gasteiger partial charge in [-0.3, -0.25) is 4.79 Å². The normalized spacial score (nSPS) is 15.9. The van der Waals surface area contributed by atoms with Crippen molar-refractivity contribution in [1.29, 1.82) is 0 Å². The minimum Gasteiger partial charge on any atom is -0.466 e. The maximum Gasteiger partial charge on any atom is 0.340 e. The second-order valence-corrected chi connectivity index (χ2v) is 8.16. The van der Waals surface area contributed by atoms with Gasteiger partial charge in [0.25, 0.3) is 0 Å². The Morgan fingerprint density at radius 1 is 1.00 bits per heavy atom. The summed E-state index contributed by atoms with van der Waals surface area (Å²) < 4.78 is 16.5. The molecule has 1 fully saturated rings. The summed E-state index contributed by atoms with van der Waals surface area (Å²) in [7, 11) is 1.49. The number of benzene rings is 1. The molecule has 0 spiro atoms. The summed E-state index contributed by atoms with van der Waals surface area (Å²) in [5, 5.41) is 0. The van der Waals surface area contributed by atoms with E-state index in [0.717, 1.165) is 30.2 Å². The van der Waals surface area contributed by atoms with E-state index < -0.39 is 18.2 Å². The standard InChI is InChI=1S/C29H37O5/c1-4-6-7-8-9-11-16-23-19-14-20-25(23)26(21-15-22-27(30)33-5-2)34-29(31)28(32-3)24-17-12-10-13-18-24/h10,12-14,17-20,26,28H,4-9,15,21-22H2,1-3H3/t26-,28+/m0/s1. The molecule has 0 aliphatic heterocycles. The Labute approximate surface area is 205 Å². The number of ether oxygens (including phenoxy) is 3. The van der Waals surface area contributed by atoms with Gasteiger partial charge in [0.2, 0.25) is 0 Å². The monoisotopic (exact) mass is 465 g/mol. The molecule has 1 aliphatic carbocycles. The van der Waals surface area contributed by atoms with E-state index in [4.69, 9.17) is 14.2 Å². The third-order valence-electron chi connectivity index (χ3n) is 5.54. The fraction of sp³-hybridized carbons (Fsp3) is 0.483. The van der Waals surface area contributed by atoms with Crippen molar-refractivity contribution in [3.05, 3.63) is 67.0 Å². The number of unbranched alkanes of at least 4 members (excludes halogenated alkanes) is 4. The van der Waals surface area contributed by atoms with Gasteiger partial charge < -0.3 is 14.2 Å². The van der Waals surface area contributed by atoms with E-state index in [1.807, 2.05) is 49.6 Å². The maximum atomic E-state index is 13.1. The van der Waals surface area contributed by atoms with E-state index in [0.29, 0.717) is 19.4 Å². The topological polar surface area (TPSA) is 61.8 Å². The van der Waals surface area contributed by atoms with Crippen molar-refractivity contribution in [3.8, 4) is 11.8 Å². The predicted molar refractivity (Wildman–Crippen MR) is 132 cm³/mol. The van der Waals surface area contributed by atoms with Gasteiger partial charge >= 0.3 is 11.9 Å². The molecule has 0 unspecified atom stereocenters. The molecule has 1 aliphatic rings. The van der Waals surface area contributed by atoms with E-state index in [9.17, 15) is 9.59 Å². The van der Waals surface area contributed by atoms with E-state index in [1.54, 1.807) is 6.92 Å². The molecule has 0 saturated heterocycles. The van der Waals surface area contributed by atoms with Crippen LogP contribution in [0.3, 0.4) is 0 Å². The molecule has 1 aromatic rings. The zero-order chi connectivity index (χ0) is 24.6. The molecule has 34 heavy (non-hydrogen) atoms. The molecule has 2 atom stereocenters. The number of carbonyl (C=O) groups excluding carboxylic acids is 2. The van der Waals surface area contributed by atoms with E-state index in [1.165, 1.54) is 26.4 Å². The molecule has 0 bridgehead atoms. The molecule has 5 nitrogen and oxygen atoms in total. The lowest BCUT2D eigenvalue weighted by Crippen LogP contribution is -2.30. The summed E-state index contributed by atoms with van der Waals surface area (Å²) in [5.74, 6) is 7.52. The highest BCUT2D eigenvalue weighted by Gasteiger charge is 2.38. The Kier molecular flexibility index (Phi) is 13.4. The largest absolute Gasteiger partial charge is 0.466 e. The number of methoxy groups -OCH3 is 1. The first-order valence-corrected chi connectivity index (χ1v) is 12.3. The zero-order valence-electron chi connectivity index (χ0n) is 20.7. The number of hydrogen-bond donors (Lipinski definition) is 0. The summed E-state index contributed by atoms with van der Waals surface area (Å²) in [6.07, 6.45) is 11.3. The van der Waals surface area contributed by atoms with Crippen molar-refractivity contribution in [1.82, 2.24) is 0 Å². The summed E-state index contributed by atoms with van der Waals surface area (Å²) in [5.41, 5.74) is 0.731. The number of carbonyl (C=O) groups is 2. The van der Waals surface area contributed by atoms with Crippen LogP contribution < -0.4 is 0 Å². The molecule has 1 saturated carbocycles. The van der Waals surface area contributed by atoms with Gasteiger partial charge in [-0.25, -0.2) is 4.79 Å². The number of hydrogen-bond acceptors (Lipinski definition) is 5. The fourth-order valence-corrected chi connectivity index (χ4v) is 3.77. The Hall–Kier alpha value is -2.32. The van der Waals surface area contributed by atoms with Crippen LogP contribution in [0.2, 0.25) is 0 Å². The van der Waals surface area contributed by atoms with Crippen LogP contribution in [0.25, 0.3) is 0 Å². The van der Waals surface area contributed by atoms with Crippen LogP contribution in [0.4, 0.5) is 0 Å². The highest BCUT2D eigenvalue weighted by molar-refractivity contribution is 5.77. The first-order chi connectivity index (χ1) is 16.6. The van der Waals surface area contributed by atoms with E-state index in [2.05, 4.69) is 18.8 Å². The van der Waals surface area contributed by atoms with Gasteiger partial charge in [-0.05, 0) is 51.0 Å². The summed E-state index contributed by atoms with van der Waals surface area (Å²) in [4.78, 5) is 24.9.